The molecule has 4 heteroatoms. The lowest BCUT2D eigenvalue weighted by Gasteiger charge is -2.21. The van der Waals surface area contributed by atoms with Gasteiger partial charge in [0.15, 0.2) is 0 Å². The van der Waals surface area contributed by atoms with E-state index in [2.05, 4.69) is 66.8 Å². The third kappa shape index (κ3) is 4.61. The van der Waals surface area contributed by atoms with Crippen LogP contribution in [-0.4, -0.2) is 10.9 Å². The fraction of sp³-hybridized carbons (Fsp3) is 0.217. The van der Waals surface area contributed by atoms with Crippen molar-refractivity contribution in [3.8, 4) is 0 Å². The van der Waals surface area contributed by atoms with Crippen molar-refractivity contribution in [1.29, 1.82) is 0 Å². The maximum Gasteiger partial charge on any atom is 0.230 e. The van der Waals surface area contributed by atoms with Gasteiger partial charge in [-0.15, -0.1) is 0 Å². The van der Waals surface area contributed by atoms with Gasteiger partial charge in [0.25, 0.3) is 0 Å². The SMILES string of the molecule is Cc1ccccc1P(c1ccccc1)c1cccc(NC(=O)C(C)(C)C)n1. The standard InChI is InChI=1S/C23H25N2OP/c1-17-11-8-9-14-19(17)27(18-12-6-5-7-13-18)21-16-10-15-20(24-21)25-22(26)23(2,3)4/h5-16H,1-4H3,(H,24,25,26). The number of hydrogen-bond acceptors (Lipinski definition) is 2. The maximum absolute atomic E-state index is 12.4. The molecule has 138 valence electrons. The minimum Gasteiger partial charge on any atom is -0.310 e. The van der Waals surface area contributed by atoms with Gasteiger partial charge in [0.05, 0.1) is 5.44 Å². The topological polar surface area (TPSA) is 42.0 Å². The number of rotatable bonds is 4. The predicted octanol–water partition coefficient (Wildman–Crippen LogP) is 4.13. The van der Waals surface area contributed by atoms with E-state index in [1.165, 1.54) is 16.2 Å². The largest absolute Gasteiger partial charge is 0.310 e. The number of carbonyl (C=O) groups excluding carboxylic acids is 1. The van der Waals surface area contributed by atoms with Crippen molar-refractivity contribution in [2.75, 3.05) is 5.32 Å². The molecule has 0 fully saturated rings. The van der Waals surface area contributed by atoms with Gasteiger partial charge >= 0.3 is 0 Å². The van der Waals surface area contributed by atoms with Gasteiger partial charge in [-0.25, -0.2) is 4.98 Å². The Labute approximate surface area is 162 Å². The van der Waals surface area contributed by atoms with Gasteiger partial charge in [-0.3, -0.25) is 4.79 Å². The van der Waals surface area contributed by atoms with E-state index in [4.69, 9.17) is 4.98 Å². The Balaban J connectivity index is 2.05. The van der Waals surface area contributed by atoms with Crippen molar-refractivity contribution in [1.82, 2.24) is 4.98 Å². The molecule has 1 unspecified atom stereocenters. The number of anilines is 1. The molecule has 1 heterocycles. The van der Waals surface area contributed by atoms with E-state index in [9.17, 15) is 4.79 Å². The van der Waals surface area contributed by atoms with Gasteiger partial charge < -0.3 is 5.32 Å². The lowest BCUT2D eigenvalue weighted by Crippen LogP contribution is -2.29. The Morgan fingerprint density at radius 2 is 1.56 bits per heavy atom. The van der Waals surface area contributed by atoms with Gasteiger partial charge in [0, 0.05) is 13.3 Å². The predicted molar refractivity (Wildman–Crippen MR) is 116 cm³/mol. The van der Waals surface area contributed by atoms with Crippen LogP contribution in [0.2, 0.25) is 0 Å². The molecule has 1 amide bonds. The quantitative estimate of drug-likeness (QED) is 0.696. The number of aryl methyl sites for hydroxylation is 1. The smallest absolute Gasteiger partial charge is 0.230 e. The first kappa shape index (κ1) is 19.3. The molecule has 0 aliphatic carbocycles. The zero-order chi connectivity index (χ0) is 19.4. The Morgan fingerprint density at radius 3 is 2.22 bits per heavy atom. The number of hydrogen-bond donors (Lipinski definition) is 1. The molecular formula is C23H25N2OP. The van der Waals surface area contributed by atoms with E-state index in [1.807, 2.05) is 39.0 Å². The highest BCUT2D eigenvalue weighted by Crippen LogP contribution is 2.33. The number of amides is 1. The van der Waals surface area contributed by atoms with Crippen molar-refractivity contribution in [2.24, 2.45) is 5.41 Å². The molecule has 0 saturated carbocycles. The zero-order valence-electron chi connectivity index (χ0n) is 16.2. The molecule has 1 aromatic heterocycles. The van der Waals surface area contributed by atoms with Crippen LogP contribution in [0.5, 0.6) is 0 Å². The first-order valence-corrected chi connectivity index (χ1v) is 10.4. The van der Waals surface area contributed by atoms with Crippen LogP contribution in [0.3, 0.4) is 0 Å². The first-order chi connectivity index (χ1) is 12.9. The second-order valence-electron chi connectivity index (χ2n) is 7.54. The molecule has 0 aliphatic heterocycles. The molecule has 0 aliphatic rings. The van der Waals surface area contributed by atoms with E-state index in [0.29, 0.717) is 5.82 Å². The van der Waals surface area contributed by atoms with Crippen LogP contribution in [0.1, 0.15) is 26.3 Å². The molecule has 0 saturated heterocycles. The third-order valence-electron chi connectivity index (χ3n) is 4.26. The number of pyridine rings is 1. The van der Waals surface area contributed by atoms with Crippen molar-refractivity contribution < 1.29 is 4.79 Å². The number of carbonyl (C=O) groups is 1. The molecular weight excluding hydrogens is 351 g/mol. The summed E-state index contributed by atoms with van der Waals surface area (Å²) in [5, 5.41) is 5.48. The summed E-state index contributed by atoms with van der Waals surface area (Å²) in [5.74, 6) is 0.566. The van der Waals surface area contributed by atoms with Crippen LogP contribution in [-0.2, 0) is 4.79 Å². The maximum atomic E-state index is 12.4. The monoisotopic (exact) mass is 376 g/mol. The Morgan fingerprint density at radius 1 is 0.889 bits per heavy atom. The summed E-state index contributed by atoms with van der Waals surface area (Å²) in [6.45, 7) is 7.84. The number of nitrogens with one attached hydrogen (secondary N) is 1. The highest BCUT2D eigenvalue weighted by atomic mass is 31.1. The molecule has 2 aromatic carbocycles. The Hall–Kier alpha value is -2.51. The van der Waals surface area contributed by atoms with Crippen molar-refractivity contribution >= 4 is 35.7 Å². The van der Waals surface area contributed by atoms with Crippen molar-refractivity contribution in [2.45, 2.75) is 27.7 Å². The summed E-state index contributed by atoms with van der Waals surface area (Å²) in [6.07, 6.45) is 0. The van der Waals surface area contributed by atoms with E-state index in [-0.39, 0.29) is 5.91 Å². The van der Waals surface area contributed by atoms with Gasteiger partial charge in [0.2, 0.25) is 5.91 Å². The van der Waals surface area contributed by atoms with Crippen LogP contribution in [0.25, 0.3) is 0 Å². The second-order valence-corrected chi connectivity index (χ2v) is 9.67. The van der Waals surface area contributed by atoms with Crippen molar-refractivity contribution in [3.63, 3.8) is 0 Å². The Kier molecular flexibility index (Phi) is 5.72. The van der Waals surface area contributed by atoms with Crippen LogP contribution in [0, 0.1) is 12.3 Å². The average molecular weight is 376 g/mol. The fourth-order valence-corrected chi connectivity index (χ4v) is 5.07. The van der Waals surface area contributed by atoms with Gasteiger partial charge in [-0.1, -0.05) is 81.4 Å². The van der Waals surface area contributed by atoms with Crippen LogP contribution < -0.4 is 21.4 Å². The van der Waals surface area contributed by atoms with Crippen molar-refractivity contribution in [3.05, 3.63) is 78.4 Å². The number of nitrogens with zero attached hydrogens (tertiary/aromatic N) is 1. The van der Waals surface area contributed by atoms with E-state index in [1.54, 1.807) is 0 Å². The Bertz CT molecular complexity index is 932. The first-order valence-electron chi connectivity index (χ1n) is 9.05. The van der Waals surface area contributed by atoms with Crippen LogP contribution in [0.4, 0.5) is 5.82 Å². The number of benzene rings is 2. The summed E-state index contributed by atoms with van der Waals surface area (Å²) in [7, 11) is -0.799. The minimum absolute atomic E-state index is 0.0351. The highest BCUT2D eigenvalue weighted by Gasteiger charge is 2.23. The summed E-state index contributed by atoms with van der Waals surface area (Å²) >= 11 is 0. The van der Waals surface area contributed by atoms with E-state index < -0.39 is 13.3 Å². The molecule has 3 nitrogen and oxygen atoms in total. The van der Waals surface area contributed by atoms with Gasteiger partial charge in [-0.05, 0) is 35.2 Å². The summed E-state index contributed by atoms with van der Waals surface area (Å²) in [4.78, 5) is 17.2. The van der Waals surface area contributed by atoms with E-state index in [0.717, 1.165) is 5.44 Å². The molecule has 0 bridgehead atoms. The summed E-state index contributed by atoms with van der Waals surface area (Å²) in [6, 6.07) is 24.8. The minimum atomic E-state index is -0.799. The molecule has 1 N–H and O–H groups in total. The summed E-state index contributed by atoms with van der Waals surface area (Å²) < 4.78 is 0. The van der Waals surface area contributed by atoms with Crippen LogP contribution >= 0.6 is 7.92 Å². The third-order valence-corrected chi connectivity index (χ3v) is 6.76. The highest BCUT2D eigenvalue weighted by molar-refractivity contribution is 7.79. The molecule has 0 radical (unpaired) electrons. The average Bonchev–Trinajstić information content (AvgIpc) is 2.64. The normalized spacial score (nSPS) is 12.4. The number of aromatic nitrogens is 1. The van der Waals surface area contributed by atoms with Gasteiger partial charge in [-0.2, -0.15) is 0 Å². The zero-order valence-corrected chi connectivity index (χ0v) is 17.1. The molecule has 3 aromatic rings. The van der Waals surface area contributed by atoms with Crippen LogP contribution in [0.15, 0.2) is 72.8 Å². The molecule has 27 heavy (non-hydrogen) atoms. The molecule has 3 rings (SSSR count). The van der Waals surface area contributed by atoms with E-state index >= 15 is 0 Å². The van der Waals surface area contributed by atoms with Gasteiger partial charge in [0.1, 0.15) is 5.82 Å². The second kappa shape index (κ2) is 8.02. The molecule has 1 atom stereocenters. The lowest BCUT2D eigenvalue weighted by molar-refractivity contribution is -0.123. The molecule has 0 spiro atoms. The summed E-state index contributed by atoms with van der Waals surface area (Å²) in [5.41, 5.74) is 1.77. The fourth-order valence-electron chi connectivity index (χ4n) is 2.71. The lowest BCUT2D eigenvalue weighted by atomic mass is 9.96.